The minimum Gasteiger partial charge on any atom is -0.392 e. The van der Waals surface area contributed by atoms with E-state index < -0.39 is 6.10 Å². The Morgan fingerprint density at radius 3 is 2.40 bits per heavy atom. The second-order valence-electron chi connectivity index (χ2n) is 4.80. The summed E-state index contributed by atoms with van der Waals surface area (Å²) >= 11 is 6.02. The molecule has 0 aliphatic rings. The first-order valence-corrected chi connectivity index (χ1v) is 6.86. The van der Waals surface area contributed by atoms with E-state index in [4.69, 9.17) is 11.6 Å². The molecule has 0 aliphatic heterocycles. The highest BCUT2D eigenvalue weighted by Crippen LogP contribution is 2.25. The minimum absolute atomic E-state index is 0.209. The van der Waals surface area contributed by atoms with Crippen molar-refractivity contribution in [3.8, 4) is 0 Å². The SMILES string of the molecule is CC(O)CNC(c1cccc(F)c1)c1cccc(Cl)c1. The van der Waals surface area contributed by atoms with E-state index in [1.807, 2.05) is 24.3 Å². The fourth-order valence-electron chi connectivity index (χ4n) is 2.09. The summed E-state index contributed by atoms with van der Waals surface area (Å²) in [6, 6.07) is 13.6. The Kier molecular flexibility index (Phi) is 5.12. The zero-order valence-corrected chi connectivity index (χ0v) is 11.9. The van der Waals surface area contributed by atoms with Crippen LogP contribution in [0, 0.1) is 5.82 Å². The van der Waals surface area contributed by atoms with Crippen molar-refractivity contribution in [3.05, 3.63) is 70.5 Å². The predicted molar refractivity (Wildman–Crippen MR) is 79.4 cm³/mol. The zero-order chi connectivity index (χ0) is 14.5. The van der Waals surface area contributed by atoms with Gasteiger partial charge >= 0.3 is 0 Å². The normalized spacial score (nSPS) is 14.0. The van der Waals surface area contributed by atoms with Crippen molar-refractivity contribution in [2.45, 2.75) is 19.1 Å². The number of nitrogens with one attached hydrogen (secondary N) is 1. The van der Waals surface area contributed by atoms with Gasteiger partial charge in [0.15, 0.2) is 0 Å². The maximum absolute atomic E-state index is 13.4. The fraction of sp³-hybridized carbons (Fsp3) is 0.250. The molecule has 2 unspecified atom stereocenters. The van der Waals surface area contributed by atoms with Crippen LogP contribution in [0.3, 0.4) is 0 Å². The Morgan fingerprint density at radius 1 is 1.15 bits per heavy atom. The smallest absolute Gasteiger partial charge is 0.123 e. The highest BCUT2D eigenvalue weighted by molar-refractivity contribution is 6.30. The van der Waals surface area contributed by atoms with E-state index in [2.05, 4.69) is 5.32 Å². The van der Waals surface area contributed by atoms with Gasteiger partial charge in [0.05, 0.1) is 12.1 Å². The predicted octanol–water partition coefficient (Wildman–Crippen LogP) is 3.54. The Labute approximate surface area is 123 Å². The van der Waals surface area contributed by atoms with Gasteiger partial charge < -0.3 is 10.4 Å². The molecule has 0 aromatic heterocycles. The van der Waals surface area contributed by atoms with Gasteiger partial charge in [-0.05, 0) is 42.3 Å². The average molecular weight is 294 g/mol. The first kappa shape index (κ1) is 15.0. The molecular formula is C16H17ClFNO. The van der Waals surface area contributed by atoms with E-state index in [0.29, 0.717) is 11.6 Å². The van der Waals surface area contributed by atoms with Gasteiger partial charge in [0.2, 0.25) is 0 Å². The molecule has 0 radical (unpaired) electrons. The van der Waals surface area contributed by atoms with Gasteiger partial charge in [0.1, 0.15) is 5.82 Å². The van der Waals surface area contributed by atoms with E-state index in [1.54, 1.807) is 19.1 Å². The summed E-state index contributed by atoms with van der Waals surface area (Å²) in [5, 5.41) is 13.3. The van der Waals surface area contributed by atoms with Crippen molar-refractivity contribution in [2.75, 3.05) is 6.54 Å². The number of hydrogen-bond donors (Lipinski definition) is 2. The summed E-state index contributed by atoms with van der Waals surface area (Å²) in [6.45, 7) is 2.11. The van der Waals surface area contributed by atoms with Crippen LogP contribution in [0.4, 0.5) is 4.39 Å². The molecule has 2 rings (SSSR count). The van der Waals surface area contributed by atoms with Crippen LogP contribution in [0.15, 0.2) is 48.5 Å². The van der Waals surface area contributed by atoms with E-state index in [-0.39, 0.29) is 11.9 Å². The summed E-state index contributed by atoms with van der Waals surface area (Å²) < 4.78 is 13.4. The molecule has 2 atom stereocenters. The van der Waals surface area contributed by atoms with E-state index >= 15 is 0 Å². The van der Waals surface area contributed by atoms with Crippen molar-refractivity contribution in [3.63, 3.8) is 0 Å². The summed E-state index contributed by atoms with van der Waals surface area (Å²) in [7, 11) is 0. The van der Waals surface area contributed by atoms with Crippen LogP contribution in [0.2, 0.25) is 5.02 Å². The van der Waals surface area contributed by atoms with Gasteiger partial charge in [-0.1, -0.05) is 35.9 Å². The van der Waals surface area contributed by atoms with Crippen LogP contribution in [0.1, 0.15) is 24.1 Å². The highest BCUT2D eigenvalue weighted by Gasteiger charge is 2.15. The average Bonchev–Trinajstić information content (AvgIpc) is 2.39. The van der Waals surface area contributed by atoms with Gasteiger partial charge in [-0.3, -0.25) is 0 Å². The van der Waals surface area contributed by atoms with Gasteiger partial charge in [0, 0.05) is 11.6 Å². The molecule has 0 heterocycles. The van der Waals surface area contributed by atoms with Crippen molar-refractivity contribution >= 4 is 11.6 Å². The molecule has 20 heavy (non-hydrogen) atoms. The largest absolute Gasteiger partial charge is 0.392 e. The van der Waals surface area contributed by atoms with Crippen LogP contribution in [-0.2, 0) is 0 Å². The first-order chi connectivity index (χ1) is 9.56. The minimum atomic E-state index is -0.481. The van der Waals surface area contributed by atoms with Gasteiger partial charge in [-0.2, -0.15) is 0 Å². The van der Waals surface area contributed by atoms with Gasteiger partial charge in [0.25, 0.3) is 0 Å². The van der Waals surface area contributed by atoms with Crippen LogP contribution >= 0.6 is 11.6 Å². The Balaban J connectivity index is 2.34. The van der Waals surface area contributed by atoms with E-state index in [0.717, 1.165) is 11.1 Å². The van der Waals surface area contributed by atoms with Crippen LogP contribution in [0.5, 0.6) is 0 Å². The number of rotatable bonds is 5. The zero-order valence-electron chi connectivity index (χ0n) is 11.2. The Morgan fingerprint density at radius 2 is 1.80 bits per heavy atom. The second kappa shape index (κ2) is 6.84. The van der Waals surface area contributed by atoms with Crippen molar-refractivity contribution < 1.29 is 9.50 Å². The molecule has 0 amide bonds. The van der Waals surface area contributed by atoms with Crippen molar-refractivity contribution in [1.29, 1.82) is 0 Å². The molecule has 0 saturated carbocycles. The fourth-order valence-corrected chi connectivity index (χ4v) is 2.29. The molecule has 2 nitrogen and oxygen atoms in total. The molecule has 2 aromatic rings. The maximum atomic E-state index is 13.4. The first-order valence-electron chi connectivity index (χ1n) is 6.48. The third-order valence-corrected chi connectivity index (χ3v) is 3.22. The van der Waals surface area contributed by atoms with Crippen molar-refractivity contribution in [1.82, 2.24) is 5.32 Å². The summed E-state index contributed by atoms with van der Waals surface area (Å²) in [6.07, 6.45) is -0.481. The Bertz CT molecular complexity index is 528. The lowest BCUT2D eigenvalue weighted by atomic mass is 9.98. The molecule has 4 heteroatoms. The lowest BCUT2D eigenvalue weighted by Gasteiger charge is -2.21. The van der Waals surface area contributed by atoms with E-state index in [1.165, 1.54) is 12.1 Å². The third-order valence-electron chi connectivity index (χ3n) is 2.98. The molecule has 2 aromatic carbocycles. The van der Waals surface area contributed by atoms with Crippen LogP contribution in [0.25, 0.3) is 0 Å². The Hall–Kier alpha value is -1.42. The standard InChI is InChI=1S/C16H17ClFNO/c1-11(20)10-19-16(12-4-2-6-14(17)8-12)13-5-3-7-15(18)9-13/h2-9,11,16,19-20H,10H2,1H3. The maximum Gasteiger partial charge on any atom is 0.123 e. The van der Waals surface area contributed by atoms with Crippen molar-refractivity contribution in [2.24, 2.45) is 0 Å². The molecule has 0 spiro atoms. The monoisotopic (exact) mass is 293 g/mol. The second-order valence-corrected chi connectivity index (χ2v) is 5.24. The lowest BCUT2D eigenvalue weighted by molar-refractivity contribution is 0.188. The summed E-state index contributed by atoms with van der Waals surface area (Å²) in [4.78, 5) is 0. The molecular weight excluding hydrogens is 277 g/mol. The molecule has 0 aliphatic carbocycles. The number of aliphatic hydroxyl groups excluding tert-OH is 1. The molecule has 0 fully saturated rings. The lowest BCUT2D eigenvalue weighted by Crippen LogP contribution is -2.29. The topological polar surface area (TPSA) is 32.3 Å². The van der Waals surface area contributed by atoms with Gasteiger partial charge in [-0.25, -0.2) is 4.39 Å². The molecule has 0 saturated heterocycles. The third kappa shape index (κ3) is 4.04. The highest BCUT2D eigenvalue weighted by atomic mass is 35.5. The quantitative estimate of drug-likeness (QED) is 0.884. The number of benzene rings is 2. The van der Waals surface area contributed by atoms with E-state index in [9.17, 15) is 9.50 Å². The molecule has 0 bridgehead atoms. The summed E-state index contributed by atoms with van der Waals surface area (Å²) in [5.74, 6) is -0.284. The molecule has 2 N–H and O–H groups in total. The number of halogens is 2. The van der Waals surface area contributed by atoms with Gasteiger partial charge in [-0.15, -0.1) is 0 Å². The summed E-state index contributed by atoms with van der Waals surface area (Å²) in [5.41, 5.74) is 1.73. The number of aliphatic hydroxyl groups is 1. The van der Waals surface area contributed by atoms with Crippen LogP contribution in [-0.4, -0.2) is 17.8 Å². The number of hydrogen-bond acceptors (Lipinski definition) is 2. The molecule has 106 valence electrons. The van der Waals surface area contributed by atoms with Crippen LogP contribution < -0.4 is 5.32 Å².